The SMILES string of the molecule is COC(=O)[C@@]1(Cc2nc(OCc3ccccc3)nc(OCc3ccccc3)c2[N+](=O)[O-])CCCc2ccccc21. The summed E-state index contributed by atoms with van der Waals surface area (Å²) in [4.78, 5) is 34.1. The summed E-state index contributed by atoms with van der Waals surface area (Å²) in [6.45, 7) is 0.211. The van der Waals surface area contributed by atoms with Gasteiger partial charge in [0.25, 0.3) is 0 Å². The molecule has 0 aliphatic heterocycles. The standard InChI is InChI=1S/C31H29N3O6/c1-38-29(35)31(18-10-16-24-15-8-9-17-25(24)31)19-26-27(34(36)37)28(39-20-22-11-4-2-5-12-22)33-30(32-26)40-21-23-13-6-3-7-14-23/h2-9,11-15,17H,10,16,18-21H2,1H3/t31-/m1/s1. The van der Waals surface area contributed by atoms with Crippen LogP contribution in [0.25, 0.3) is 0 Å². The number of fused-ring (bicyclic) bond motifs is 1. The van der Waals surface area contributed by atoms with E-state index in [9.17, 15) is 14.9 Å². The molecule has 0 fully saturated rings. The van der Waals surface area contributed by atoms with Crippen molar-refractivity contribution >= 4 is 11.7 Å². The van der Waals surface area contributed by atoms with Gasteiger partial charge in [0, 0.05) is 6.42 Å². The summed E-state index contributed by atoms with van der Waals surface area (Å²) in [6, 6.07) is 26.3. The van der Waals surface area contributed by atoms with Crippen molar-refractivity contribution in [1.29, 1.82) is 0 Å². The molecule has 5 rings (SSSR count). The van der Waals surface area contributed by atoms with Gasteiger partial charge in [-0.1, -0.05) is 84.9 Å². The largest absolute Gasteiger partial charge is 0.468 e. The molecular weight excluding hydrogens is 510 g/mol. The van der Waals surface area contributed by atoms with Gasteiger partial charge in [0.05, 0.1) is 17.4 Å². The number of carbonyl (C=O) groups excluding carboxylic acids is 1. The fraction of sp³-hybridized carbons (Fsp3) is 0.258. The van der Waals surface area contributed by atoms with Gasteiger partial charge in [-0.3, -0.25) is 14.9 Å². The Morgan fingerprint density at radius 3 is 2.17 bits per heavy atom. The third-order valence-corrected chi connectivity index (χ3v) is 7.14. The lowest BCUT2D eigenvalue weighted by molar-refractivity contribution is -0.387. The number of benzene rings is 3. The number of rotatable bonds is 10. The molecule has 40 heavy (non-hydrogen) atoms. The number of esters is 1. The second kappa shape index (κ2) is 11.9. The van der Waals surface area contributed by atoms with Crippen LogP contribution in [0.15, 0.2) is 84.9 Å². The second-order valence-corrected chi connectivity index (χ2v) is 9.67. The quantitative estimate of drug-likeness (QED) is 0.147. The number of nitro groups is 1. The third kappa shape index (κ3) is 5.63. The Bertz CT molecular complexity index is 1500. The van der Waals surface area contributed by atoms with Gasteiger partial charge in [-0.15, -0.1) is 0 Å². The second-order valence-electron chi connectivity index (χ2n) is 9.67. The summed E-state index contributed by atoms with van der Waals surface area (Å²) in [5.74, 6) is -0.683. The average molecular weight is 540 g/mol. The van der Waals surface area contributed by atoms with Crippen molar-refractivity contribution in [1.82, 2.24) is 9.97 Å². The van der Waals surface area contributed by atoms with Crippen molar-refractivity contribution < 1.29 is 23.9 Å². The van der Waals surface area contributed by atoms with Crippen molar-refractivity contribution in [3.05, 3.63) is 123 Å². The Morgan fingerprint density at radius 2 is 1.52 bits per heavy atom. The monoisotopic (exact) mass is 539 g/mol. The fourth-order valence-corrected chi connectivity index (χ4v) is 5.25. The van der Waals surface area contributed by atoms with E-state index in [0.29, 0.717) is 6.42 Å². The minimum Gasteiger partial charge on any atom is -0.468 e. The van der Waals surface area contributed by atoms with Gasteiger partial charge in [0.15, 0.2) is 0 Å². The molecule has 204 valence electrons. The topological polar surface area (TPSA) is 114 Å². The maximum atomic E-state index is 13.4. The first-order valence-corrected chi connectivity index (χ1v) is 13.1. The van der Waals surface area contributed by atoms with Crippen molar-refractivity contribution in [3.8, 4) is 11.9 Å². The molecule has 0 unspecified atom stereocenters. The summed E-state index contributed by atoms with van der Waals surface area (Å²) >= 11 is 0. The fourth-order valence-electron chi connectivity index (χ4n) is 5.25. The van der Waals surface area contributed by atoms with Gasteiger partial charge in [0.1, 0.15) is 18.9 Å². The molecule has 1 atom stereocenters. The summed E-state index contributed by atoms with van der Waals surface area (Å²) in [6.07, 6.45) is 1.91. The third-order valence-electron chi connectivity index (χ3n) is 7.14. The number of hydrogen-bond donors (Lipinski definition) is 0. The van der Waals surface area contributed by atoms with Crippen LogP contribution in [-0.2, 0) is 41.0 Å². The maximum absolute atomic E-state index is 13.4. The summed E-state index contributed by atoms with van der Waals surface area (Å²) < 4.78 is 17.1. The van der Waals surface area contributed by atoms with Crippen LogP contribution in [0, 0.1) is 10.1 Å². The molecule has 4 aromatic rings. The molecule has 0 spiro atoms. The molecule has 0 bridgehead atoms. The van der Waals surface area contributed by atoms with Gasteiger partial charge >= 0.3 is 23.5 Å². The smallest absolute Gasteiger partial charge is 0.352 e. The summed E-state index contributed by atoms with van der Waals surface area (Å²) in [7, 11) is 1.33. The molecule has 1 aliphatic rings. The van der Waals surface area contributed by atoms with Crippen LogP contribution >= 0.6 is 0 Å². The van der Waals surface area contributed by atoms with Crippen molar-refractivity contribution in [2.45, 2.75) is 44.3 Å². The molecule has 1 heterocycles. The van der Waals surface area contributed by atoms with Crippen LogP contribution in [0.5, 0.6) is 11.9 Å². The lowest BCUT2D eigenvalue weighted by Gasteiger charge is -2.36. The van der Waals surface area contributed by atoms with Crippen LogP contribution in [-0.4, -0.2) is 28.0 Å². The molecule has 0 saturated carbocycles. The molecule has 9 nitrogen and oxygen atoms in total. The van der Waals surface area contributed by atoms with E-state index in [4.69, 9.17) is 14.2 Å². The first-order valence-electron chi connectivity index (χ1n) is 13.1. The molecule has 1 aromatic heterocycles. The Kier molecular flexibility index (Phi) is 8.00. The first kappa shape index (κ1) is 26.8. The zero-order valence-corrected chi connectivity index (χ0v) is 22.1. The molecule has 3 aromatic carbocycles. The number of methoxy groups -OCH3 is 1. The normalized spacial score (nSPS) is 16.0. The Hall–Kier alpha value is -4.79. The highest BCUT2D eigenvalue weighted by Crippen LogP contribution is 2.43. The average Bonchev–Trinajstić information content (AvgIpc) is 2.99. The van der Waals surface area contributed by atoms with E-state index in [1.165, 1.54) is 7.11 Å². The Balaban J connectivity index is 1.59. The molecule has 0 amide bonds. The first-order chi connectivity index (χ1) is 19.5. The van der Waals surface area contributed by atoms with E-state index in [2.05, 4.69) is 9.97 Å². The van der Waals surface area contributed by atoms with E-state index >= 15 is 0 Å². The van der Waals surface area contributed by atoms with Crippen LogP contribution in [0.3, 0.4) is 0 Å². The number of aromatic nitrogens is 2. The minimum atomic E-state index is -1.16. The Labute approximate surface area is 231 Å². The Morgan fingerprint density at radius 1 is 0.900 bits per heavy atom. The van der Waals surface area contributed by atoms with Gasteiger partial charge in [-0.05, 0) is 41.5 Å². The lowest BCUT2D eigenvalue weighted by Crippen LogP contribution is -2.42. The number of nitrogens with zero attached hydrogens (tertiary/aromatic N) is 3. The van der Waals surface area contributed by atoms with Gasteiger partial charge in [-0.25, -0.2) is 0 Å². The predicted molar refractivity (Wildman–Crippen MR) is 147 cm³/mol. The van der Waals surface area contributed by atoms with Gasteiger partial charge < -0.3 is 14.2 Å². The summed E-state index contributed by atoms with van der Waals surface area (Å²) in [5, 5.41) is 12.5. The van der Waals surface area contributed by atoms with E-state index in [1.54, 1.807) is 0 Å². The molecule has 0 radical (unpaired) electrons. The van der Waals surface area contributed by atoms with Crippen molar-refractivity contribution in [2.24, 2.45) is 0 Å². The van der Waals surface area contributed by atoms with Crippen molar-refractivity contribution in [2.75, 3.05) is 7.11 Å². The summed E-state index contributed by atoms with van der Waals surface area (Å²) in [5.41, 5.74) is 2.00. The van der Waals surface area contributed by atoms with Gasteiger partial charge in [0.2, 0.25) is 0 Å². The van der Waals surface area contributed by atoms with E-state index < -0.39 is 22.0 Å². The zero-order valence-electron chi connectivity index (χ0n) is 22.1. The number of ether oxygens (including phenoxy) is 3. The molecule has 9 heteroatoms. The van der Waals surface area contributed by atoms with E-state index in [0.717, 1.165) is 35.1 Å². The number of hydrogen-bond acceptors (Lipinski definition) is 8. The van der Waals surface area contributed by atoms with E-state index in [1.807, 2.05) is 84.9 Å². The molecule has 0 N–H and O–H groups in total. The highest BCUT2D eigenvalue weighted by molar-refractivity contribution is 5.84. The van der Waals surface area contributed by atoms with Crippen LogP contribution in [0.2, 0.25) is 0 Å². The lowest BCUT2D eigenvalue weighted by atomic mass is 9.67. The van der Waals surface area contributed by atoms with Crippen molar-refractivity contribution in [3.63, 3.8) is 0 Å². The molecular formula is C31H29N3O6. The maximum Gasteiger partial charge on any atom is 0.352 e. The number of carbonyl (C=O) groups is 1. The minimum absolute atomic E-state index is 0.0493. The predicted octanol–water partition coefficient (Wildman–Crippen LogP) is 5.53. The van der Waals surface area contributed by atoms with Crippen LogP contribution in [0.4, 0.5) is 5.69 Å². The molecule has 1 aliphatic carbocycles. The zero-order chi connectivity index (χ0) is 28.0. The molecule has 0 saturated heterocycles. The highest BCUT2D eigenvalue weighted by Gasteiger charge is 2.47. The van der Waals surface area contributed by atoms with Crippen LogP contribution < -0.4 is 9.47 Å². The van der Waals surface area contributed by atoms with Gasteiger partial charge in [-0.2, -0.15) is 9.97 Å². The number of aryl methyl sites for hydroxylation is 1. The highest BCUT2D eigenvalue weighted by atomic mass is 16.6. The van der Waals surface area contributed by atoms with Crippen LogP contribution in [0.1, 0.15) is 40.8 Å². The van der Waals surface area contributed by atoms with E-state index in [-0.39, 0.29) is 37.2 Å².